The van der Waals surface area contributed by atoms with Crippen LogP contribution in [0.4, 0.5) is 4.39 Å². The first-order valence-corrected chi connectivity index (χ1v) is 8.85. The van der Waals surface area contributed by atoms with Gasteiger partial charge in [-0.3, -0.25) is 4.79 Å². The van der Waals surface area contributed by atoms with Gasteiger partial charge in [0.05, 0.1) is 27.7 Å². The molecule has 0 saturated carbocycles. The zero-order valence-corrected chi connectivity index (χ0v) is 14.5. The van der Waals surface area contributed by atoms with Crippen molar-refractivity contribution in [3.05, 3.63) is 62.0 Å². The number of thiophene rings is 1. The molecular formula is C16H12ClFN2OS2. The lowest BCUT2D eigenvalue weighted by Gasteiger charge is -2.05. The molecule has 0 saturated heterocycles. The number of hydrogen-bond acceptors (Lipinski definition) is 4. The Bertz CT molecular complexity index is 859. The van der Waals surface area contributed by atoms with E-state index in [1.54, 1.807) is 22.7 Å². The number of nitrogens with one attached hydrogen (secondary N) is 1. The number of halogens is 2. The first-order valence-electron chi connectivity index (χ1n) is 6.77. The average Bonchev–Trinajstić information content (AvgIpc) is 3.13. The van der Waals surface area contributed by atoms with E-state index < -0.39 is 11.7 Å². The van der Waals surface area contributed by atoms with E-state index in [9.17, 15) is 9.18 Å². The molecule has 7 heteroatoms. The van der Waals surface area contributed by atoms with Crippen LogP contribution in [0.25, 0.3) is 10.6 Å². The minimum Gasteiger partial charge on any atom is -0.347 e. The second-order valence-electron chi connectivity index (χ2n) is 4.82. The fourth-order valence-electron chi connectivity index (χ4n) is 2.02. The van der Waals surface area contributed by atoms with Crippen LogP contribution in [-0.4, -0.2) is 10.9 Å². The van der Waals surface area contributed by atoms with E-state index in [1.807, 2.05) is 24.4 Å². The van der Waals surface area contributed by atoms with Crippen molar-refractivity contribution in [2.24, 2.45) is 0 Å². The molecule has 1 amide bonds. The van der Waals surface area contributed by atoms with E-state index in [-0.39, 0.29) is 10.6 Å². The van der Waals surface area contributed by atoms with Gasteiger partial charge in [-0.15, -0.1) is 22.7 Å². The topological polar surface area (TPSA) is 42.0 Å². The van der Waals surface area contributed by atoms with Crippen molar-refractivity contribution in [2.45, 2.75) is 13.5 Å². The predicted octanol–water partition coefficient (Wildman–Crippen LogP) is 4.90. The highest BCUT2D eigenvalue weighted by Crippen LogP contribution is 2.29. The number of thiazole rings is 1. The molecule has 0 bridgehead atoms. The van der Waals surface area contributed by atoms with E-state index in [4.69, 9.17) is 11.6 Å². The number of carbonyl (C=O) groups excluding carboxylic acids is 1. The van der Waals surface area contributed by atoms with Crippen LogP contribution in [0.3, 0.4) is 0 Å². The molecule has 0 aliphatic heterocycles. The highest BCUT2D eigenvalue weighted by atomic mass is 35.5. The van der Waals surface area contributed by atoms with Gasteiger partial charge in [-0.1, -0.05) is 11.6 Å². The Hall–Kier alpha value is -1.76. The Balaban J connectivity index is 1.66. The van der Waals surface area contributed by atoms with E-state index in [2.05, 4.69) is 10.3 Å². The van der Waals surface area contributed by atoms with Crippen LogP contribution >= 0.6 is 34.3 Å². The first kappa shape index (κ1) is 16.1. The highest BCUT2D eigenvalue weighted by Gasteiger charge is 2.12. The maximum atomic E-state index is 13.7. The van der Waals surface area contributed by atoms with Crippen molar-refractivity contribution in [1.29, 1.82) is 0 Å². The van der Waals surface area contributed by atoms with Gasteiger partial charge in [0, 0.05) is 15.3 Å². The molecule has 0 spiro atoms. The van der Waals surface area contributed by atoms with Gasteiger partial charge in [0.1, 0.15) is 5.82 Å². The molecule has 0 atom stereocenters. The van der Waals surface area contributed by atoms with Crippen LogP contribution in [-0.2, 0) is 6.54 Å². The Morgan fingerprint density at radius 1 is 1.35 bits per heavy atom. The van der Waals surface area contributed by atoms with Crippen molar-refractivity contribution in [2.75, 3.05) is 0 Å². The minimum absolute atomic E-state index is 0.0127. The van der Waals surface area contributed by atoms with Crippen molar-refractivity contribution < 1.29 is 9.18 Å². The van der Waals surface area contributed by atoms with Crippen molar-refractivity contribution in [1.82, 2.24) is 10.3 Å². The van der Waals surface area contributed by atoms with Crippen molar-refractivity contribution in [3.8, 4) is 10.6 Å². The van der Waals surface area contributed by atoms with Crippen LogP contribution in [0, 0.1) is 12.7 Å². The molecule has 0 aliphatic carbocycles. The van der Waals surface area contributed by atoms with Gasteiger partial charge >= 0.3 is 0 Å². The van der Waals surface area contributed by atoms with Gasteiger partial charge in [0.15, 0.2) is 0 Å². The molecule has 23 heavy (non-hydrogen) atoms. The number of benzene rings is 1. The summed E-state index contributed by atoms with van der Waals surface area (Å²) in [7, 11) is 0. The van der Waals surface area contributed by atoms with Crippen LogP contribution in [0.15, 0.2) is 35.7 Å². The summed E-state index contributed by atoms with van der Waals surface area (Å²) < 4.78 is 13.7. The molecular weight excluding hydrogens is 355 g/mol. The fraction of sp³-hybridized carbons (Fsp3) is 0.125. The maximum absolute atomic E-state index is 13.7. The second-order valence-corrected chi connectivity index (χ2v) is 7.49. The smallest absolute Gasteiger partial charge is 0.254 e. The van der Waals surface area contributed by atoms with Gasteiger partial charge in [-0.25, -0.2) is 9.37 Å². The summed E-state index contributed by atoms with van der Waals surface area (Å²) >= 11 is 8.84. The molecule has 2 heterocycles. The molecule has 3 rings (SSSR count). The van der Waals surface area contributed by atoms with E-state index in [1.165, 1.54) is 12.1 Å². The lowest BCUT2D eigenvalue weighted by molar-refractivity contribution is 0.0947. The minimum atomic E-state index is -0.625. The SMILES string of the molecule is Cc1nc(-c2ccc(CNC(=O)c3ccc(Cl)cc3F)s2)cs1. The lowest BCUT2D eigenvalue weighted by Crippen LogP contribution is -2.23. The van der Waals surface area contributed by atoms with Gasteiger partial charge in [0.25, 0.3) is 5.91 Å². The Labute approximate surface area is 145 Å². The quantitative estimate of drug-likeness (QED) is 0.713. The van der Waals surface area contributed by atoms with E-state index in [0.29, 0.717) is 6.54 Å². The number of carbonyl (C=O) groups is 1. The third kappa shape index (κ3) is 3.77. The molecule has 0 aliphatic rings. The second kappa shape index (κ2) is 6.78. The highest BCUT2D eigenvalue weighted by molar-refractivity contribution is 7.16. The van der Waals surface area contributed by atoms with Gasteiger partial charge < -0.3 is 5.32 Å². The van der Waals surface area contributed by atoms with Gasteiger partial charge in [-0.2, -0.15) is 0 Å². The number of nitrogens with zero attached hydrogens (tertiary/aromatic N) is 1. The lowest BCUT2D eigenvalue weighted by atomic mass is 10.2. The summed E-state index contributed by atoms with van der Waals surface area (Å²) in [5, 5.41) is 6.00. The summed E-state index contributed by atoms with van der Waals surface area (Å²) in [5.74, 6) is -1.08. The van der Waals surface area contributed by atoms with Crippen molar-refractivity contribution in [3.63, 3.8) is 0 Å². The predicted molar refractivity (Wildman–Crippen MR) is 92.7 cm³/mol. The standard InChI is InChI=1S/C16H12ClFN2OS2/c1-9-20-14(8-22-9)15-5-3-11(23-15)7-19-16(21)12-4-2-10(17)6-13(12)18/h2-6,8H,7H2,1H3,(H,19,21). The average molecular weight is 367 g/mol. The Kier molecular flexibility index (Phi) is 4.75. The molecule has 3 nitrogen and oxygen atoms in total. The summed E-state index contributed by atoms with van der Waals surface area (Å²) in [6.07, 6.45) is 0. The third-order valence-electron chi connectivity index (χ3n) is 3.13. The Morgan fingerprint density at radius 3 is 2.87 bits per heavy atom. The summed E-state index contributed by atoms with van der Waals surface area (Å²) in [6, 6.07) is 7.92. The molecule has 0 unspecified atom stereocenters. The summed E-state index contributed by atoms with van der Waals surface area (Å²) in [5.41, 5.74) is 0.931. The number of aromatic nitrogens is 1. The largest absolute Gasteiger partial charge is 0.347 e. The third-order valence-corrected chi connectivity index (χ3v) is 5.25. The van der Waals surface area contributed by atoms with E-state index in [0.717, 1.165) is 26.5 Å². The zero-order chi connectivity index (χ0) is 16.4. The van der Waals surface area contributed by atoms with Gasteiger partial charge in [0.2, 0.25) is 0 Å². The monoisotopic (exact) mass is 366 g/mol. The molecule has 0 radical (unpaired) electrons. The summed E-state index contributed by atoms with van der Waals surface area (Å²) in [4.78, 5) is 18.5. The molecule has 1 N–H and O–H groups in total. The number of rotatable bonds is 4. The molecule has 118 valence electrons. The summed E-state index contributed by atoms with van der Waals surface area (Å²) in [6.45, 7) is 2.30. The van der Waals surface area contributed by atoms with Gasteiger partial charge in [-0.05, 0) is 37.3 Å². The molecule has 0 fully saturated rings. The molecule has 1 aromatic carbocycles. The first-order chi connectivity index (χ1) is 11.0. The normalized spacial score (nSPS) is 10.7. The van der Waals surface area contributed by atoms with E-state index >= 15 is 0 Å². The van der Waals surface area contributed by atoms with Crippen LogP contribution in [0.1, 0.15) is 20.2 Å². The van der Waals surface area contributed by atoms with Crippen LogP contribution in [0.2, 0.25) is 5.02 Å². The maximum Gasteiger partial charge on any atom is 0.254 e. The van der Waals surface area contributed by atoms with Crippen molar-refractivity contribution >= 4 is 40.2 Å². The number of amides is 1. The number of hydrogen-bond donors (Lipinski definition) is 1. The Morgan fingerprint density at radius 2 is 2.17 bits per heavy atom. The molecule has 2 aromatic heterocycles. The fourth-order valence-corrected chi connectivity index (χ4v) is 3.78. The molecule has 3 aromatic rings. The number of aryl methyl sites for hydroxylation is 1. The zero-order valence-electron chi connectivity index (χ0n) is 12.1. The van der Waals surface area contributed by atoms with Crippen LogP contribution in [0.5, 0.6) is 0 Å². The van der Waals surface area contributed by atoms with Crippen LogP contribution < -0.4 is 5.32 Å².